The summed E-state index contributed by atoms with van der Waals surface area (Å²) in [5.41, 5.74) is 0. The maximum Gasteiger partial charge on any atom is 0.328 e. The Morgan fingerprint density at radius 3 is 2.69 bits per heavy atom. The SMILES string of the molecule is COCCN(C)CC=CC(=O)O.Cl. The van der Waals surface area contributed by atoms with Crippen molar-refractivity contribution in [2.24, 2.45) is 0 Å². The van der Waals surface area contributed by atoms with Gasteiger partial charge in [-0.3, -0.25) is 0 Å². The van der Waals surface area contributed by atoms with E-state index in [0.29, 0.717) is 13.2 Å². The molecule has 0 atom stereocenters. The fraction of sp³-hybridized carbons (Fsp3) is 0.625. The minimum absolute atomic E-state index is 0. The highest BCUT2D eigenvalue weighted by atomic mass is 35.5. The first-order chi connectivity index (χ1) is 5.66. The van der Waals surface area contributed by atoms with Crippen LogP contribution < -0.4 is 0 Å². The molecule has 0 aliphatic rings. The summed E-state index contributed by atoms with van der Waals surface area (Å²) in [6.45, 7) is 2.10. The van der Waals surface area contributed by atoms with Crippen molar-refractivity contribution in [2.75, 3.05) is 33.9 Å². The van der Waals surface area contributed by atoms with Gasteiger partial charge < -0.3 is 14.7 Å². The molecule has 78 valence electrons. The number of carboxylic acids is 1. The van der Waals surface area contributed by atoms with E-state index in [1.165, 1.54) is 0 Å². The largest absolute Gasteiger partial charge is 0.478 e. The van der Waals surface area contributed by atoms with Crippen LogP contribution in [-0.2, 0) is 9.53 Å². The Labute approximate surface area is 84.6 Å². The van der Waals surface area contributed by atoms with Crippen LogP contribution in [0.3, 0.4) is 0 Å². The van der Waals surface area contributed by atoms with E-state index in [0.717, 1.165) is 12.6 Å². The van der Waals surface area contributed by atoms with Crippen LogP contribution in [0.4, 0.5) is 0 Å². The lowest BCUT2D eigenvalue weighted by molar-refractivity contribution is -0.131. The quantitative estimate of drug-likeness (QED) is 0.652. The highest BCUT2D eigenvalue weighted by molar-refractivity contribution is 5.85. The lowest BCUT2D eigenvalue weighted by Gasteiger charge is -2.12. The van der Waals surface area contributed by atoms with Gasteiger partial charge in [0.1, 0.15) is 0 Å². The minimum atomic E-state index is -0.907. The van der Waals surface area contributed by atoms with Crippen molar-refractivity contribution in [3.8, 4) is 0 Å². The van der Waals surface area contributed by atoms with Gasteiger partial charge in [-0.25, -0.2) is 4.79 Å². The van der Waals surface area contributed by atoms with Crippen LogP contribution in [-0.4, -0.2) is 49.8 Å². The van der Waals surface area contributed by atoms with Gasteiger partial charge in [0.25, 0.3) is 0 Å². The van der Waals surface area contributed by atoms with Crippen molar-refractivity contribution in [3.05, 3.63) is 12.2 Å². The zero-order valence-electron chi connectivity index (χ0n) is 7.90. The van der Waals surface area contributed by atoms with Crippen LogP contribution in [0.1, 0.15) is 0 Å². The topological polar surface area (TPSA) is 49.8 Å². The van der Waals surface area contributed by atoms with Gasteiger partial charge in [-0.05, 0) is 7.05 Å². The summed E-state index contributed by atoms with van der Waals surface area (Å²) in [5, 5.41) is 8.27. The molecule has 0 spiro atoms. The zero-order valence-corrected chi connectivity index (χ0v) is 8.71. The highest BCUT2D eigenvalue weighted by Gasteiger charge is 1.93. The molecule has 0 aromatic heterocycles. The molecule has 5 heteroatoms. The van der Waals surface area contributed by atoms with Gasteiger partial charge >= 0.3 is 5.97 Å². The molecular weight excluding hydrogens is 194 g/mol. The number of rotatable bonds is 6. The first-order valence-electron chi connectivity index (χ1n) is 3.73. The van der Waals surface area contributed by atoms with Gasteiger partial charge in [0.15, 0.2) is 0 Å². The number of carboxylic acid groups (broad SMARTS) is 1. The molecule has 1 N–H and O–H groups in total. The number of hydrogen-bond donors (Lipinski definition) is 1. The van der Waals surface area contributed by atoms with Crippen LogP contribution in [0.15, 0.2) is 12.2 Å². The van der Waals surface area contributed by atoms with Gasteiger partial charge in [0.2, 0.25) is 0 Å². The van der Waals surface area contributed by atoms with Gasteiger partial charge in [0, 0.05) is 26.3 Å². The van der Waals surface area contributed by atoms with E-state index in [4.69, 9.17) is 9.84 Å². The molecule has 0 heterocycles. The first-order valence-corrected chi connectivity index (χ1v) is 3.73. The normalized spacial score (nSPS) is 10.4. The number of likely N-dealkylation sites (N-methyl/N-ethyl adjacent to an activating group) is 1. The average Bonchev–Trinajstić information content (AvgIpc) is 2.00. The molecule has 0 aromatic carbocycles. The molecule has 0 aromatic rings. The van der Waals surface area contributed by atoms with Gasteiger partial charge in [-0.2, -0.15) is 0 Å². The molecule has 0 rings (SSSR count). The second-order valence-corrected chi connectivity index (χ2v) is 2.50. The lowest BCUT2D eigenvalue weighted by atomic mass is 10.4. The Balaban J connectivity index is 0. The molecule has 0 fully saturated rings. The van der Waals surface area contributed by atoms with Crippen molar-refractivity contribution < 1.29 is 14.6 Å². The summed E-state index contributed by atoms with van der Waals surface area (Å²) in [4.78, 5) is 12.0. The number of halogens is 1. The first kappa shape index (κ1) is 14.9. The Bertz CT molecular complexity index is 161. The van der Waals surface area contributed by atoms with Crippen molar-refractivity contribution in [3.63, 3.8) is 0 Å². The predicted octanol–water partition coefficient (Wildman–Crippen LogP) is 0.627. The summed E-state index contributed by atoms with van der Waals surface area (Å²) in [5.74, 6) is -0.907. The summed E-state index contributed by atoms with van der Waals surface area (Å²) in [6.07, 6.45) is 2.75. The molecule has 0 saturated heterocycles. The maximum absolute atomic E-state index is 10.1. The van der Waals surface area contributed by atoms with Crippen LogP contribution in [0.2, 0.25) is 0 Å². The number of nitrogens with zero attached hydrogens (tertiary/aromatic N) is 1. The number of ether oxygens (including phenoxy) is 1. The van der Waals surface area contributed by atoms with Gasteiger partial charge in [-0.1, -0.05) is 6.08 Å². The molecule has 0 saturated carbocycles. The highest BCUT2D eigenvalue weighted by Crippen LogP contribution is 1.83. The molecule has 0 bridgehead atoms. The fourth-order valence-corrected chi connectivity index (χ4v) is 0.672. The van der Waals surface area contributed by atoms with Gasteiger partial charge in [0.05, 0.1) is 6.61 Å². The second kappa shape index (κ2) is 9.51. The van der Waals surface area contributed by atoms with E-state index < -0.39 is 5.97 Å². The molecule has 0 amide bonds. The zero-order chi connectivity index (χ0) is 9.40. The van der Waals surface area contributed by atoms with Crippen molar-refractivity contribution in [1.82, 2.24) is 4.90 Å². The van der Waals surface area contributed by atoms with E-state index in [-0.39, 0.29) is 12.4 Å². The molecule has 0 unspecified atom stereocenters. The average molecular weight is 210 g/mol. The minimum Gasteiger partial charge on any atom is -0.478 e. The third-order valence-corrected chi connectivity index (χ3v) is 1.35. The van der Waals surface area contributed by atoms with Crippen molar-refractivity contribution >= 4 is 18.4 Å². The Morgan fingerprint density at radius 1 is 1.62 bits per heavy atom. The molecule has 13 heavy (non-hydrogen) atoms. The third-order valence-electron chi connectivity index (χ3n) is 1.35. The lowest BCUT2D eigenvalue weighted by Crippen LogP contribution is -2.22. The number of carbonyl (C=O) groups is 1. The van der Waals surface area contributed by atoms with Crippen molar-refractivity contribution in [2.45, 2.75) is 0 Å². The number of hydrogen-bond acceptors (Lipinski definition) is 3. The Hall–Kier alpha value is -0.580. The maximum atomic E-state index is 10.1. The molecule has 0 aliphatic carbocycles. The van der Waals surface area contributed by atoms with E-state index in [9.17, 15) is 4.79 Å². The Kier molecular flexibility index (Phi) is 10.9. The molecular formula is C8H16ClNO3. The van der Waals surface area contributed by atoms with Crippen LogP contribution in [0.5, 0.6) is 0 Å². The van der Waals surface area contributed by atoms with Crippen LogP contribution in [0.25, 0.3) is 0 Å². The molecule has 4 nitrogen and oxygen atoms in total. The fourth-order valence-electron chi connectivity index (χ4n) is 0.672. The van der Waals surface area contributed by atoms with E-state index in [1.807, 2.05) is 11.9 Å². The smallest absolute Gasteiger partial charge is 0.328 e. The Morgan fingerprint density at radius 2 is 2.23 bits per heavy atom. The van der Waals surface area contributed by atoms with E-state index in [1.54, 1.807) is 13.2 Å². The van der Waals surface area contributed by atoms with Gasteiger partial charge in [-0.15, -0.1) is 12.4 Å². The van der Waals surface area contributed by atoms with Crippen LogP contribution in [0, 0.1) is 0 Å². The number of aliphatic carboxylic acids is 1. The van der Waals surface area contributed by atoms with Crippen LogP contribution >= 0.6 is 12.4 Å². The second-order valence-electron chi connectivity index (χ2n) is 2.50. The van der Waals surface area contributed by atoms with E-state index in [2.05, 4.69) is 0 Å². The van der Waals surface area contributed by atoms with Crippen molar-refractivity contribution in [1.29, 1.82) is 0 Å². The summed E-state index contributed by atoms with van der Waals surface area (Å²) in [7, 11) is 3.55. The van der Waals surface area contributed by atoms with E-state index >= 15 is 0 Å². The number of methoxy groups -OCH3 is 1. The summed E-state index contributed by atoms with van der Waals surface area (Å²) in [6, 6.07) is 0. The summed E-state index contributed by atoms with van der Waals surface area (Å²) >= 11 is 0. The third kappa shape index (κ3) is 11.4. The standard InChI is InChI=1S/C8H15NO3.ClH/c1-9(6-7-12-2)5-3-4-8(10)11;/h3-4H,5-7H2,1-2H3,(H,10,11);1H. The molecule has 0 radical (unpaired) electrons. The predicted molar refractivity (Wildman–Crippen MR) is 53.4 cm³/mol. The molecule has 0 aliphatic heterocycles. The monoisotopic (exact) mass is 209 g/mol. The summed E-state index contributed by atoms with van der Waals surface area (Å²) < 4.78 is 4.86.